The third-order valence-corrected chi connectivity index (χ3v) is 2.85. The van der Waals surface area contributed by atoms with Crippen molar-refractivity contribution < 1.29 is 4.79 Å². The Morgan fingerprint density at radius 3 is 2.93 bits per heavy atom. The summed E-state index contributed by atoms with van der Waals surface area (Å²) in [6.45, 7) is 3.26. The lowest BCUT2D eigenvalue weighted by atomic mass is 9.98. The fraction of sp³-hybridized carbons (Fsp3) is 0.900. The lowest BCUT2D eigenvalue weighted by molar-refractivity contribution is -0.129. The number of hydrogen-bond donors (Lipinski definition) is 1. The van der Waals surface area contributed by atoms with Gasteiger partial charge in [-0.25, -0.2) is 0 Å². The Morgan fingerprint density at radius 1 is 1.64 bits per heavy atom. The Kier molecular flexibility index (Phi) is 4.35. The van der Waals surface area contributed by atoms with Gasteiger partial charge in [-0.2, -0.15) is 0 Å². The van der Waals surface area contributed by atoms with Crippen LogP contribution in [0, 0.1) is 5.92 Å². The third kappa shape index (κ3) is 3.27. The first-order valence-corrected chi connectivity index (χ1v) is 5.26. The molecule has 1 aliphatic rings. The topological polar surface area (TPSA) is 49.6 Å². The average Bonchev–Trinajstić information content (AvgIpc) is 2.16. The minimum Gasteiger partial charge on any atom is -0.344 e. The zero-order valence-electron chi connectivity index (χ0n) is 9.20. The quantitative estimate of drug-likeness (QED) is 0.681. The van der Waals surface area contributed by atoms with E-state index in [0.29, 0.717) is 5.92 Å². The highest BCUT2D eigenvalue weighted by atomic mass is 16.2. The van der Waals surface area contributed by atoms with Crippen molar-refractivity contribution in [1.29, 1.82) is 0 Å². The number of hydrogen-bond acceptors (Lipinski definition) is 3. The molecule has 1 amide bonds. The molecular weight excluding hydrogens is 178 g/mol. The first-order valence-electron chi connectivity index (χ1n) is 5.26. The number of carbonyl (C=O) groups is 1. The zero-order chi connectivity index (χ0) is 10.6. The highest BCUT2D eigenvalue weighted by molar-refractivity contribution is 5.77. The van der Waals surface area contributed by atoms with Crippen molar-refractivity contribution in [2.24, 2.45) is 11.7 Å². The summed E-state index contributed by atoms with van der Waals surface area (Å²) in [4.78, 5) is 15.3. The van der Waals surface area contributed by atoms with Crippen LogP contribution < -0.4 is 5.73 Å². The van der Waals surface area contributed by atoms with Crippen LogP contribution in [0.2, 0.25) is 0 Å². The minimum atomic E-state index is 0.0400. The van der Waals surface area contributed by atoms with Gasteiger partial charge >= 0.3 is 0 Å². The van der Waals surface area contributed by atoms with Gasteiger partial charge < -0.3 is 15.5 Å². The molecule has 82 valence electrons. The summed E-state index contributed by atoms with van der Waals surface area (Å²) in [7, 11) is 3.97. The monoisotopic (exact) mass is 199 g/mol. The number of likely N-dealkylation sites (N-methyl/N-ethyl adjacent to an activating group) is 1. The predicted octanol–water partition coefficient (Wildman–Crippen LogP) is -0.255. The van der Waals surface area contributed by atoms with Gasteiger partial charge in [0.15, 0.2) is 0 Å². The molecule has 1 heterocycles. The molecule has 14 heavy (non-hydrogen) atoms. The van der Waals surface area contributed by atoms with Crippen molar-refractivity contribution in [2.75, 3.05) is 40.3 Å². The van der Waals surface area contributed by atoms with Gasteiger partial charge in [-0.15, -0.1) is 0 Å². The third-order valence-electron chi connectivity index (χ3n) is 2.85. The summed E-state index contributed by atoms with van der Waals surface area (Å²) in [6, 6.07) is 0. The van der Waals surface area contributed by atoms with E-state index in [-0.39, 0.29) is 12.5 Å². The van der Waals surface area contributed by atoms with Gasteiger partial charge in [0.2, 0.25) is 5.91 Å². The molecule has 1 aliphatic heterocycles. The van der Waals surface area contributed by atoms with Crippen molar-refractivity contribution in [1.82, 2.24) is 9.80 Å². The maximum absolute atomic E-state index is 11.3. The summed E-state index contributed by atoms with van der Waals surface area (Å²) >= 11 is 0. The molecule has 1 saturated heterocycles. The van der Waals surface area contributed by atoms with Gasteiger partial charge in [-0.3, -0.25) is 4.79 Å². The van der Waals surface area contributed by atoms with Gasteiger partial charge in [0, 0.05) is 20.1 Å². The maximum atomic E-state index is 11.3. The van der Waals surface area contributed by atoms with Crippen molar-refractivity contribution in [3.63, 3.8) is 0 Å². The first kappa shape index (κ1) is 11.5. The summed E-state index contributed by atoms with van der Waals surface area (Å²) in [5, 5.41) is 0. The van der Waals surface area contributed by atoms with Crippen LogP contribution in [0.15, 0.2) is 0 Å². The smallest absolute Gasteiger partial charge is 0.236 e. The lowest BCUT2D eigenvalue weighted by Gasteiger charge is -2.32. The van der Waals surface area contributed by atoms with Crippen LogP contribution in [0.25, 0.3) is 0 Å². The SMILES string of the molecule is CN1CCC[C@@H](CN(C)C(=O)CN)C1. The normalized spacial score (nSPS) is 23.5. The molecule has 2 N–H and O–H groups in total. The molecule has 0 aromatic carbocycles. The van der Waals surface area contributed by atoms with Crippen molar-refractivity contribution in [2.45, 2.75) is 12.8 Å². The number of rotatable bonds is 3. The fourth-order valence-electron chi connectivity index (χ4n) is 2.07. The van der Waals surface area contributed by atoms with Gasteiger partial charge in [-0.1, -0.05) is 0 Å². The molecule has 0 radical (unpaired) electrons. The van der Waals surface area contributed by atoms with E-state index in [2.05, 4.69) is 11.9 Å². The molecule has 0 aromatic heterocycles. The second-order valence-corrected chi connectivity index (χ2v) is 4.25. The molecule has 0 aromatic rings. The van der Waals surface area contributed by atoms with Crippen LogP contribution >= 0.6 is 0 Å². The van der Waals surface area contributed by atoms with E-state index in [4.69, 9.17) is 5.73 Å². The Labute approximate surface area is 86.0 Å². The molecule has 0 spiro atoms. The summed E-state index contributed by atoms with van der Waals surface area (Å²) in [5.41, 5.74) is 5.30. The number of likely N-dealkylation sites (tertiary alicyclic amines) is 1. The Morgan fingerprint density at radius 2 is 2.36 bits per heavy atom. The van der Waals surface area contributed by atoms with E-state index < -0.39 is 0 Å². The first-order chi connectivity index (χ1) is 6.63. The van der Waals surface area contributed by atoms with Crippen LogP contribution in [0.3, 0.4) is 0 Å². The molecule has 0 aliphatic carbocycles. The fourth-order valence-corrected chi connectivity index (χ4v) is 2.07. The summed E-state index contributed by atoms with van der Waals surface area (Å²) in [6.07, 6.45) is 2.47. The van der Waals surface area contributed by atoms with Gasteiger partial charge in [0.05, 0.1) is 6.54 Å². The van der Waals surface area contributed by atoms with Gasteiger partial charge in [0.25, 0.3) is 0 Å². The van der Waals surface area contributed by atoms with E-state index in [1.807, 2.05) is 7.05 Å². The number of amides is 1. The van der Waals surface area contributed by atoms with E-state index in [0.717, 1.165) is 13.1 Å². The number of piperidine rings is 1. The van der Waals surface area contributed by atoms with E-state index in [1.165, 1.54) is 19.4 Å². The average molecular weight is 199 g/mol. The molecule has 4 heteroatoms. The molecule has 0 unspecified atom stereocenters. The summed E-state index contributed by atoms with van der Waals surface area (Å²) in [5.74, 6) is 0.660. The lowest BCUT2D eigenvalue weighted by Crippen LogP contribution is -2.41. The zero-order valence-corrected chi connectivity index (χ0v) is 9.20. The minimum absolute atomic E-state index is 0.0400. The second kappa shape index (κ2) is 5.32. The number of carbonyl (C=O) groups excluding carboxylic acids is 1. The van der Waals surface area contributed by atoms with E-state index in [9.17, 15) is 4.79 Å². The van der Waals surface area contributed by atoms with Crippen LogP contribution in [-0.2, 0) is 4.79 Å². The van der Waals surface area contributed by atoms with Crippen molar-refractivity contribution in [3.8, 4) is 0 Å². The van der Waals surface area contributed by atoms with Crippen molar-refractivity contribution >= 4 is 5.91 Å². The molecule has 1 fully saturated rings. The largest absolute Gasteiger partial charge is 0.344 e. The molecule has 4 nitrogen and oxygen atoms in total. The maximum Gasteiger partial charge on any atom is 0.236 e. The standard InChI is InChI=1S/C10H21N3O/c1-12-5-3-4-9(7-12)8-13(2)10(14)6-11/h9H,3-8,11H2,1-2H3/t9-/m1/s1. The van der Waals surface area contributed by atoms with Crippen molar-refractivity contribution in [3.05, 3.63) is 0 Å². The number of nitrogens with zero attached hydrogens (tertiary/aromatic N) is 2. The van der Waals surface area contributed by atoms with Crippen LogP contribution in [0.4, 0.5) is 0 Å². The van der Waals surface area contributed by atoms with E-state index >= 15 is 0 Å². The Hall–Kier alpha value is -0.610. The molecule has 1 atom stereocenters. The van der Waals surface area contributed by atoms with E-state index in [1.54, 1.807) is 4.90 Å². The Balaban J connectivity index is 2.32. The molecule has 1 rings (SSSR count). The molecular formula is C10H21N3O. The van der Waals surface area contributed by atoms with Crippen LogP contribution in [0.1, 0.15) is 12.8 Å². The number of nitrogens with two attached hydrogens (primary N) is 1. The molecule has 0 saturated carbocycles. The van der Waals surface area contributed by atoms with Crippen LogP contribution in [0.5, 0.6) is 0 Å². The highest BCUT2D eigenvalue weighted by Gasteiger charge is 2.19. The predicted molar refractivity (Wildman–Crippen MR) is 56.9 cm³/mol. The molecule has 0 bridgehead atoms. The second-order valence-electron chi connectivity index (χ2n) is 4.25. The highest BCUT2D eigenvalue weighted by Crippen LogP contribution is 2.15. The van der Waals surface area contributed by atoms with Gasteiger partial charge in [-0.05, 0) is 32.4 Å². The van der Waals surface area contributed by atoms with Gasteiger partial charge in [0.1, 0.15) is 0 Å². The summed E-state index contributed by atoms with van der Waals surface area (Å²) < 4.78 is 0. The van der Waals surface area contributed by atoms with Crippen LogP contribution in [-0.4, -0.2) is 56.0 Å². The Bertz CT molecular complexity index is 196.